The Morgan fingerprint density at radius 1 is 1.42 bits per heavy atom. The normalized spacial score (nSPS) is 9.95. The number of carbonyl (C=O) groups excluding carboxylic acids is 1. The highest BCUT2D eigenvalue weighted by atomic mass is 16.5. The van der Waals surface area contributed by atoms with Gasteiger partial charge in [0, 0.05) is 6.20 Å². The lowest BCUT2D eigenvalue weighted by atomic mass is 10.1. The highest BCUT2D eigenvalue weighted by Crippen LogP contribution is 2.20. The van der Waals surface area contributed by atoms with Crippen molar-refractivity contribution in [3.63, 3.8) is 0 Å². The number of benzene rings is 1. The van der Waals surface area contributed by atoms with E-state index in [9.17, 15) is 4.79 Å². The Labute approximate surface area is 110 Å². The van der Waals surface area contributed by atoms with Crippen molar-refractivity contribution in [1.82, 2.24) is 10.2 Å². The minimum atomic E-state index is -0.410. The summed E-state index contributed by atoms with van der Waals surface area (Å²) in [5, 5.41) is 10.9. The van der Waals surface area contributed by atoms with E-state index in [0.717, 1.165) is 11.4 Å². The number of methoxy groups -OCH3 is 1. The number of anilines is 2. The number of nitrogen functional groups attached to an aromatic ring is 1. The molecule has 0 aliphatic carbocycles. The zero-order chi connectivity index (χ0) is 13.7. The summed E-state index contributed by atoms with van der Waals surface area (Å²) < 4.78 is 4.63. The first-order valence-electron chi connectivity index (χ1n) is 5.69. The maximum Gasteiger partial charge on any atom is 0.337 e. The number of aromatic nitrogens is 2. The van der Waals surface area contributed by atoms with Crippen LogP contribution < -0.4 is 11.1 Å². The molecule has 1 aromatic heterocycles. The lowest BCUT2D eigenvalue weighted by Gasteiger charge is -2.09. The molecule has 1 aromatic carbocycles. The van der Waals surface area contributed by atoms with E-state index >= 15 is 0 Å². The summed E-state index contributed by atoms with van der Waals surface area (Å²) in [6.07, 6.45) is 1.61. The van der Waals surface area contributed by atoms with Gasteiger partial charge in [0.2, 0.25) is 0 Å². The molecule has 0 aliphatic rings. The van der Waals surface area contributed by atoms with Crippen molar-refractivity contribution >= 4 is 17.3 Å². The molecule has 2 aromatic rings. The number of ether oxygens (including phenoxy) is 1. The zero-order valence-electron chi connectivity index (χ0n) is 10.5. The Hall–Kier alpha value is -2.63. The molecule has 0 atom stereocenters. The average molecular weight is 258 g/mol. The van der Waals surface area contributed by atoms with Crippen molar-refractivity contribution in [2.24, 2.45) is 0 Å². The summed E-state index contributed by atoms with van der Waals surface area (Å²) in [5.41, 5.74) is 8.31. The van der Waals surface area contributed by atoms with Crippen LogP contribution in [0, 0.1) is 0 Å². The van der Waals surface area contributed by atoms with Gasteiger partial charge >= 0.3 is 5.97 Å². The van der Waals surface area contributed by atoms with Crippen molar-refractivity contribution in [3.8, 4) is 0 Å². The van der Waals surface area contributed by atoms with Crippen molar-refractivity contribution in [1.29, 1.82) is 0 Å². The van der Waals surface area contributed by atoms with E-state index in [-0.39, 0.29) is 0 Å². The molecule has 6 heteroatoms. The predicted octanol–water partition coefficient (Wildman–Crippen LogP) is 1.46. The molecule has 0 radical (unpaired) electrons. The van der Waals surface area contributed by atoms with E-state index in [0.29, 0.717) is 17.8 Å². The van der Waals surface area contributed by atoms with Gasteiger partial charge in [-0.15, -0.1) is 0 Å². The van der Waals surface area contributed by atoms with E-state index in [2.05, 4.69) is 20.3 Å². The second-order valence-corrected chi connectivity index (χ2v) is 3.86. The Kier molecular flexibility index (Phi) is 3.92. The number of nitrogens with two attached hydrogens (primary N) is 1. The van der Waals surface area contributed by atoms with Gasteiger partial charge in [0.05, 0.1) is 36.3 Å². The fourth-order valence-electron chi connectivity index (χ4n) is 1.58. The Morgan fingerprint density at radius 2 is 2.26 bits per heavy atom. The van der Waals surface area contributed by atoms with E-state index < -0.39 is 5.97 Å². The number of nitrogens with one attached hydrogen (secondary N) is 1. The number of rotatable bonds is 4. The van der Waals surface area contributed by atoms with E-state index in [1.807, 2.05) is 12.1 Å². The van der Waals surface area contributed by atoms with Gasteiger partial charge in [-0.1, -0.05) is 0 Å². The SMILES string of the molecule is COC(=O)c1ccc(NCc2cccnn2)c(N)c1. The van der Waals surface area contributed by atoms with Gasteiger partial charge in [0.15, 0.2) is 0 Å². The molecule has 0 aliphatic heterocycles. The molecule has 3 N–H and O–H groups in total. The molecule has 19 heavy (non-hydrogen) atoms. The molecule has 0 amide bonds. The zero-order valence-corrected chi connectivity index (χ0v) is 10.5. The van der Waals surface area contributed by atoms with Crippen LogP contribution in [-0.4, -0.2) is 23.3 Å². The third-order valence-corrected chi connectivity index (χ3v) is 2.56. The van der Waals surface area contributed by atoms with Gasteiger partial charge in [-0.2, -0.15) is 10.2 Å². The third-order valence-electron chi connectivity index (χ3n) is 2.56. The first-order valence-corrected chi connectivity index (χ1v) is 5.69. The summed E-state index contributed by atoms with van der Waals surface area (Å²) in [6.45, 7) is 0.510. The molecular formula is C13H14N4O2. The highest BCUT2D eigenvalue weighted by molar-refractivity contribution is 5.91. The molecule has 0 saturated heterocycles. The topological polar surface area (TPSA) is 90.1 Å². The van der Waals surface area contributed by atoms with Crippen LogP contribution in [-0.2, 0) is 11.3 Å². The fourth-order valence-corrected chi connectivity index (χ4v) is 1.58. The van der Waals surface area contributed by atoms with Gasteiger partial charge in [-0.3, -0.25) is 0 Å². The van der Waals surface area contributed by atoms with Gasteiger partial charge in [0.25, 0.3) is 0 Å². The van der Waals surface area contributed by atoms with Crippen LogP contribution in [0.4, 0.5) is 11.4 Å². The van der Waals surface area contributed by atoms with Gasteiger partial charge in [-0.25, -0.2) is 4.79 Å². The Morgan fingerprint density at radius 3 is 2.89 bits per heavy atom. The lowest BCUT2D eigenvalue weighted by molar-refractivity contribution is 0.0601. The van der Waals surface area contributed by atoms with E-state index in [1.54, 1.807) is 24.4 Å². The smallest absolute Gasteiger partial charge is 0.337 e. The minimum Gasteiger partial charge on any atom is -0.465 e. The van der Waals surface area contributed by atoms with Crippen LogP contribution in [0.2, 0.25) is 0 Å². The van der Waals surface area contributed by atoms with Gasteiger partial charge in [-0.05, 0) is 30.3 Å². The fraction of sp³-hybridized carbons (Fsp3) is 0.154. The molecule has 2 rings (SSSR count). The van der Waals surface area contributed by atoms with Gasteiger partial charge < -0.3 is 15.8 Å². The molecule has 98 valence electrons. The van der Waals surface area contributed by atoms with E-state index in [4.69, 9.17) is 5.73 Å². The first-order chi connectivity index (χ1) is 9.20. The molecule has 0 saturated carbocycles. The van der Waals surface area contributed by atoms with E-state index in [1.165, 1.54) is 7.11 Å². The molecule has 0 fully saturated rings. The van der Waals surface area contributed by atoms with Crippen LogP contribution in [0.5, 0.6) is 0 Å². The van der Waals surface area contributed by atoms with Crippen molar-refractivity contribution in [2.75, 3.05) is 18.2 Å². The number of hydrogen-bond donors (Lipinski definition) is 2. The average Bonchev–Trinajstić information content (AvgIpc) is 2.46. The van der Waals surface area contributed by atoms with Crippen molar-refractivity contribution < 1.29 is 9.53 Å². The van der Waals surface area contributed by atoms with Crippen LogP contribution in [0.3, 0.4) is 0 Å². The largest absolute Gasteiger partial charge is 0.465 e. The number of esters is 1. The lowest BCUT2D eigenvalue weighted by Crippen LogP contribution is -2.07. The molecule has 0 bridgehead atoms. The Balaban J connectivity index is 2.07. The third kappa shape index (κ3) is 3.19. The molecule has 0 spiro atoms. The quantitative estimate of drug-likeness (QED) is 0.637. The van der Waals surface area contributed by atoms with Crippen LogP contribution in [0.1, 0.15) is 16.1 Å². The van der Waals surface area contributed by atoms with Crippen LogP contribution in [0.15, 0.2) is 36.5 Å². The Bertz CT molecular complexity index is 572. The number of nitrogens with zero attached hydrogens (tertiary/aromatic N) is 2. The minimum absolute atomic E-state index is 0.410. The van der Waals surface area contributed by atoms with Gasteiger partial charge in [0.1, 0.15) is 0 Å². The van der Waals surface area contributed by atoms with Crippen LogP contribution in [0.25, 0.3) is 0 Å². The molecule has 6 nitrogen and oxygen atoms in total. The highest BCUT2D eigenvalue weighted by Gasteiger charge is 2.07. The first kappa shape index (κ1) is 12.8. The standard InChI is InChI=1S/C13H14N4O2/c1-19-13(18)9-4-5-12(11(14)7-9)15-8-10-3-2-6-16-17-10/h2-7,15H,8,14H2,1H3. The van der Waals surface area contributed by atoms with Crippen molar-refractivity contribution in [2.45, 2.75) is 6.54 Å². The summed E-state index contributed by atoms with van der Waals surface area (Å²) in [5.74, 6) is -0.410. The molecule has 0 unspecified atom stereocenters. The summed E-state index contributed by atoms with van der Waals surface area (Å²) in [6, 6.07) is 8.64. The summed E-state index contributed by atoms with van der Waals surface area (Å²) >= 11 is 0. The monoisotopic (exact) mass is 258 g/mol. The van der Waals surface area contributed by atoms with Crippen molar-refractivity contribution in [3.05, 3.63) is 47.8 Å². The molecule has 1 heterocycles. The molecular weight excluding hydrogens is 244 g/mol. The summed E-state index contributed by atoms with van der Waals surface area (Å²) in [7, 11) is 1.33. The maximum atomic E-state index is 11.3. The maximum absolute atomic E-state index is 11.3. The number of carbonyl (C=O) groups is 1. The summed E-state index contributed by atoms with van der Waals surface area (Å²) in [4.78, 5) is 11.3. The second kappa shape index (κ2) is 5.81. The second-order valence-electron chi connectivity index (χ2n) is 3.86. The van der Waals surface area contributed by atoms with Crippen LogP contribution >= 0.6 is 0 Å². The number of hydrogen-bond acceptors (Lipinski definition) is 6. The predicted molar refractivity (Wildman–Crippen MR) is 71.6 cm³/mol.